The molecule has 0 saturated heterocycles. The van der Waals surface area contributed by atoms with E-state index < -0.39 is 0 Å². The van der Waals surface area contributed by atoms with Gasteiger partial charge in [-0.25, -0.2) is 15.0 Å². The summed E-state index contributed by atoms with van der Waals surface area (Å²) in [5.41, 5.74) is 11.0. The van der Waals surface area contributed by atoms with Gasteiger partial charge >= 0.3 is 0 Å². The van der Waals surface area contributed by atoms with E-state index in [0.717, 1.165) is 82.4 Å². The van der Waals surface area contributed by atoms with Gasteiger partial charge < -0.3 is 4.42 Å². The summed E-state index contributed by atoms with van der Waals surface area (Å²) in [5.74, 6) is 1.72. The third kappa shape index (κ3) is 6.26. The summed E-state index contributed by atoms with van der Waals surface area (Å²) in [6.07, 6.45) is 0. The molecule has 13 rings (SSSR count). The maximum Gasteiger partial charge on any atom is 0.167 e. The smallest absolute Gasteiger partial charge is 0.167 e. The lowest BCUT2D eigenvalue weighted by molar-refractivity contribution is 0.669. The van der Waals surface area contributed by atoms with Crippen LogP contribution in [-0.2, 0) is 0 Å². The number of furan rings is 1. The minimum absolute atomic E-state index is 0.544. The zero-order chi connectivity index (χ0) is 42.8. The van der Waals surface area contributed by atoms with Gasteiger partial charge in [0.1, 0.15) is 11.2 Å². The highest BCUT2D eigenvalue weighted by Crippen LogP contribution is 2.42. The molecule has 302 valence electrons. The molecule has 13 aromatic rings. The second-order valence-electron chi connectivity index (χ2n) is 16.7. The third-order valence-corrected chi connectivity index (χ3v) is 12.9. The average molecular weight is 828 g/mol. The van der Waals surface area contributed by atoms with Crippen molar-refractivity contribution in [3.05, 3.63) is 224 Å². The zero-order valence-corrected chi connectivity index (χ0v) is 35.1. The summed E-state index contributed by atoms with van der Waals surface area (Å²) < 4.78 is 6.64. The molecule has 0 aliphatic carbocycles. The van der Waals surface area contributed by atoms with Crippen molar-refractivity contribution in [1.82, 2.24) is 15.0 Å². The van der Waals surface area contributed by atoms with Gasteiger partial charge in [0, 0.05) is 21.9 Å². The van der Waals surface area contributed by atoms with E-state index in [1.54, 1.807) is 0 Å². The molecule has 0 radical (unpaired) electrons. The highest BCUT2D eigenvalue weighted by molar-refractivity contribution is 6.10. The first-order valence-corrected chi connectivity index (χ1v) is 22.0. The Morgan fingerprint density at radius 2 is 0.846 bits per heavy atom. The van der Waals surface area contributed by atoms with Crippen LogP contribution in [0.3, 0.4) is 0 Å². The SMILES string of the molecule is c1ccc(-c2cc(-c3ccc4cccc(-c5nc(-c6c(-c7ccc8ccccc8c7)ccc7ccccc67)nc(-c6cccc7c6oc6ccccc67)n5)c4c3)cc3ccccc23)cc1. The van der Waals surface area contributed by atoms with Gasteiger partial charge in [0.05, 0.1) is 5.56 Å². The van der Waals surface area contributed by atoms with Crippen molar-refractivity contribution < 1.29 is 4.42 Å². The van der Waals surface area contributed by atoms with Crippen LogP contribution in [0.4, 0.5) is 0 Å². The lowest BCUT2D eigenvalue weighted by Gasteiger charge is -2.16. The number of para-hydroxylation sites is 2. The molecule has 0 aliphatic rings. The third-order valence-electron chi connectivity index (χ3n) is 12.9. The van der Waals surface area contributed by atoms with Crippen LogP contribution >= 0.6 is 0 Å². The van der Waals surface area contributed by atoms with Crippen LogP contribution in [0.2, 0.25) is 0 Å². The predicted molar refractivity (Wildman–Crippen MR) is 270 cm³/mol. The molecule has 0 saturated carbocycles. The largest absolute Gasteiger partial charge is 0.455 e. The van der Waals surface area contributed by atoms with Crippen LogP contribution in [0.5, 0.6) is 0 Å². The molecular formula is C61H37N3O. The monoisotopic (exact) mass is 827 g/mol. The molecule has 4 heteroatoms. The second-order valence-corrected chi connectivity index (χ2v) is 16.7. The maximum absolute atomic E-state index is 6.64. The number of hydrogen-bond acceptors (Lipinski definition) is 4. The van der Waals surface area contributed by atoms with Crippen LogP contribution in [0.15, 0.2) is 229 Å². The van der Waals surface area contributed by atoms with Crippen molar-refractivity contribution in [3.8, 4) is 67.5 Å². The molecule has 11 aromatic carbocycles. The number of nitrogens with zero attached hydrogens (tertiary/aromatic N) is 3. The van der Waals surface area contributed by atoms with Crippen molar-refractivity contribution in [2.75, 3.05) is 0 Å². The number of fused-ring (bicyclic) bond motifs is 7. The van der Waals surface area contributed by atoms with Crippen LogP contribution in [0.1, 0.15) is 0 Å². The number of aromatic nitrogens is 3. The van der Waals surface area contributed by atoms with Gasteiger partial charge in [-0.15, -0.1) is 0 Å². The first kappa shape index (κ1) is 36.9. The summed E-state index contributed by atoms with van der Waals surface area (Å²) in [6, 6.07) is 79.6. The first-order valence-electron chi connectivity index (χ1n) is 22.0. The fourth-order valence-corrected chi connectivity index (χ4v) is 9.74. The highest BCUT2D eigenvalue weighted by Gasteiger charge is 2.22. The molecule has 0 unspecified atom stereocenters. The van der Waals surface area contributed by atoms with E-state index in [2.05, 4.69) is 206 Å². The van der Waals surface area contributed by atoms with E-state index >= 15 is 0 Å². The van der Waals surface area contributed by atoms with Crippen molar-refractivity contribution in [3.63, 3.8) is 0 Å². The Kier molecular flexibility index (Phi) is 8.50. The van der Waals surface area contributed by atoms with Crippen LogP contribution in [0, 0.1) is 0 Å². The molecule has 0 spiro atoms. The van der Waals surface area contributed by atoms with Gasteiger partial charge in [-0.2, -0.15) is 0 Å². The molecule has 0 N–H and O–H groups in total. The van der Waals surface area contributed by atoms with E-state index in [-0.39, 0.29) is 0 Å². The normalized spacial score (nSPS) is 11.7. The molecule has 0 amide bonds. The van der Waals surface area contributed by atoms with Crippen molar-refractivity contribution in [1.29, 1.82) is 0 Å². The Morgan fingerprint density at radius 3 is 1.72 bits per heavy atom. The van der Waals surface area contributed by atoms with E-state index in [4.69, 9.17) is 19.4 Å². The van der Waals surface area contributed by atoms with Gasteiger partial charge in [0.2, 0.25) is 0 Å². The van der Waals surface area contributed by atoms with E-state index in [9.17, 15) is 0 Å². The van der Waals surface area contributed by atoms with E-state index in [1.165, 1.54) is 32.7 Å². The fourth-order valence-electron chi connectivity index (χ4n) is 9.74. The van der Waals surface area contributed by atoms with Gasteiger partial charge in [0.15, 0.2) is 17.5 Å². The Balaban J connectivity index is 1.07. The van der Waals surface area contributed by atoms with E-state index in [1.807, 2.05) is 18.2 Å². The molecule has 2 heterocycles. The maximum atomic E-state index is 6.64. The van der Waals surface area contributed by atoms with E-state index in [0.29, 0.717) is 17.5 Å². The summed E-state index contributed by atoms with van der Waals surface area (Å²) in [6.45, 7) is 0. The molecular weight excluding hydrogens is 791 g/mol. The number of benzene rings is 11. The number of hydrogen-bond donors (Lipinski definition) is 0. The lowest BCUT2D eigenvalue weighted by Crippen LogP contribution is -2.02. The van der Waals surface area contributed by atoms with Crippen molar-refractivity contribution in [2.24, 2.45) is 0 Å². The fraction of sp³-hybridized carbons (Fsp3) is 0. The predicted octanol–water partition coefficient (Wildman–Crippen LogP) is 16.4. The Bertz CT molecular complexity index is 4020. The Labute approximate surface area is 374 Å². The molecule has 2 aromatic heterocycles. The quantitative estimate of drug-likeness (QED) is 0.168. The zero-order valence-electron chi connectivity index (χ0n) is 35.1. The molecule has 0 fully saturated rings. The topological polar surface area (TPSA) is 51.8 Å². The first-order chi connectivity index (χ1) is 32.2. The van der Waals surface area contributed by atoms with Crippen LogP contribution < -0.4 is 0 Å². The van der Waals surface area contributed by atoms with Gasteiger partial charge in [-0.1, -0.05) is 188 Å². The molecule has 0 bridgehead atoms. The molecule has 0 atom stereocenters. The lowest BCUT2D eigenvalue weighted by atomic mass is 9.91. The standard InChI is InChI=1S/C61H37N3O/c1-2-15-39(16-3-1)54-37-46(35-44-19-7-8-21-47(44)54)43-30-29-41-20-12-25-52(55(41)36-43)59-62-60(53-26-13-24-51-50-23-10-11-27-56(50)65-58(51)53)64-61(63-59)57-48-22-9-6-17-40(48)32-33-49(57)45-31-28-38-14-4-5-18-42(38)34-45/h1-37H. The summed E-state index contributed by atoms with van der Waals surface area (Å²) in [7, 11) is 0. The Morgan fingerprint density at radius 1 is 0.262 bits per heavy atom. The van der Waals surface area contributed by atoms with Crippen molar-refractivity contribution >= 4 is 65.0 Å². The summed E-state index contributed by atoms with van der Waals surface area (Å²) in [5, 5.41) is 11.2. The van der Waals surface area contributed by atoms with Gasteiger partial charge in [-0.3, -0.25) is 0 Å². The van der Waals surface area contributed by atoms with Gasteiger partial charge in [-0.05, 0) is 113 Å². The van der Waals surface area contributed by atoms with Crippen LogP contribution in [-0.4, -0.2) is 15.0 Å². The summed E-state index contributed by atoms with van der Waals surface area (Å²) >= 11 is 0. The van der Waals surface area contributed by atoms with Crippen LogP contribution in [0.25, 0.3) is 133 Å². The average Bonchev–Trinajstić information content (AvgIpc) is 3.77. The summed E-state index contributed by atoms with van der Waals surface area (Å²) in [4.78, 5) is 16.4. The minimum atomic E-state index is 0.544. The Hall–Kier alpha value is -8.73. The molecule has 0 aliphatic heterocycles. The molecule has 4 nitrogen and oxygen atoms in total. The second kappa shape index (κ2) is 15.0. The van der Waals surface area contributed by atoms with Gasteiger partial charge in [0.25, 0.3) is 0 Å². The van der Waals surface area contributed by atoms with Crippen molar-refractivity contribution in [2.45, 2.75) is 0 Å². The highest BCUT2D eigenvalue weighted by atomic mass is 16.3. The number of rotatable bonds is 6. The minimum Gasteiger partial charge on any atom is -0.455 e. The molecule has 65 heavy (non-hydrogen) atoms.